The van der Waals surface area contributed by atoms with Crippen LogP contribution >= 0.6 is 8.22 Å². The number of nitrogens with zero attached hydrogens (tertiary/aromatic N) is 2. The lowest BCUT2D eigenvalue weighted by molar-refractivity contribution is -0.792. The van der Waals surface area contributed by atoms with Gasteiger partial charge in [0, 0.05) is 19.6 Å². The van der Waals surface area contributed by atoms with E-state index in [4.69, 9.17) is 0 Å². The third kappa shape index (κ3) is 9.38. The van der Waals surface area contributed by atoms with Gasteiger partial charge in [-0.3, -0.25) is 8.44 Å². The van der Waals surface area contributed by atoms with E-state index < -0.39 is 10.4 Å². The van der Waals surface area contributed by atoms with Crippen LogP contribution in [-0.4, -0.2) is 68.9 Å². The Morgan fingerprint density at radius 1 is 1.27 bits per heavy atom. The Labute approximate surface area is 138 Å². The van der Waals surface area contributed by atoms with E-state index in [1.165, 1.54) is 43.2 Å². The lowest BCUT2D eigenvalue weighted by Crippen LogP contribution is -2.48. The van der Waals surface area contributed by atoms with E-state index in [-0.39, 0.29) is 14.8 Å². The second-order valence-electron chi connectivity index (χ2n) is 5.95. The summed E-state index contributed by atoms with van der Waals surface area (Å²) >= 11 is 0. The molecule has 1 rings (SSSR count). The van der Waals surface area contributed by atoms with Crippen molar-refractivity contribution >= 4 is 18.6 Å². The Bertz CT molecular complexity index is 394. The highest BCUT2D eigenvalue weighted by Crippen LogP contribution is 2.48. The lowest BCUT2D eigenvalue weighted by Gasteiger charge is -2.46. The van der Waals surface area contributed by atoms with E-state index in [9.17, 15) is 13.0 Å². The molecule has 0 radical (unpaired) electrons. The molecule has 1 fully saturated rings. The Morgan fingerprint density at radius 3 is 2.36 bits per heavy atom. The maximum atomic E-state index is 9.73. The first-order valence-electron chi connectivity index (χ1n) is 8.06. The SMILES string of the molecule is CCCCOS(=O)(=O)[O-].CCCC[N+]1(C)CCCN(C)P1C. The van der Waals surface area contributed by atoms with Gasteiger partial charge in [-0.05, 0) is 19.9 Å². The maximum Gasteiger partial charge on any atom is 0.217 e. The summed E-state index contributed by atoms with van der Waals surface area (Å²) in [7, 11) is 0.341. The van der Waals surface area contributed by atoms with Crippen molar-refractivity contribution < 1.29 is 21.4 Å². The van der Waals surface area contributed by atoms with Crippen molar-refractivity contribution in [2.24, 2.45) is 0 Å². The first-order valence-corrected chi connectivity index (χ1v) is 11.1. The van der Waals surface area contributed by atoms with Crippen molar-refractivity contribution in [2.75, 3.05) is 47.0 Å². The highest BCUT2D eigenvalue weighted by atomic mass is 32.3. The van der Waals surface area contributed by atoms with Crippen molar-refractivity contribution in [2.45, 2.75) is 46.0 Å². The second kappa shape index (κ2) is 10.9. The minimum atomic E-state index is -4.45. The van der Waals surface area contributed by atoms with Crippen molar-refractivity contribution in [3.63, 3.8) is 0 Å². The van der Waals surface area contributed by atoms with Crippen molar-refractivity contribution in [3.05, 3.63) is 0 Å². The first kappa shape index (κ1) is 22.2. The highest BCUT2D eigenvalue weighted by molar-refractivity contribution is 7.80. The molecule has 6 nitrogen and oxygen atoms in total. The summed E-state index contributed by atoms with van der Waals surface area (Å²) in [4.78, 5) is 0. The Kier molecular flexibility index (Phi) is 11.0. The minimum absolute atomic E-state index is 0.00231. The van der Waals surface area contributed by atoms with E-state index in [2.05, 4.69) is 36.5 Å². The molecular formula is C14H33N2O4PS. The van der Waals surface area contributed by atoms with E-state index in [1.807, 2.05) is 6.92 Å². The number of unbranched alkanes of at least 4 members (excludes halogenated alkanes) is 2. The molecule has 1 aliphatic heterocycles. The average Bonchev–Trinajstić information content (AvgIpc) is 2.42. The van der Waals surface area contributed by atoms with E-state index in [0.717, 1.165) is 6.42 Å². The fraction of sp³-hybridized carbons (Fsp3) is 1.00. The van der Waals surface area contributed by atoms with Crippen molar-refractivity contribution in [1.82, 2.24) is 4.67 Å². The van der Waals surface area contributed by atoms with Crippen LogP contribution < -0.4 is 0 Å². The van der Waals surface area contributed by atoms with Gasteiger partial charge < -0.3 is 4.55 Å². The summed E-state index contributed by atoms with van der Waals surface area (Å²) in [6, 6.07) is 0. The van der Waals surface area contributed by atoms with Crippen LogP contribution in [0.2, 0.25) is 0 Å². The number of hydrogen-bond donors (Lipinski definition) is 0. The quantitative estimate of drug-likeness (QED) is 0.304. The molecule has 2 atom stereocenters. The summed E-state index contributed by atoms with van der Waals surface area (Å²) in [6.45, 7) is 10.7. The molecule has 8 heteroatoms. The zero-order chi connectivity index (χ0) is 17.2. The first-order chi connectivity index (χ1) is 10.2. The van der Waals surface area contributed by atoms with Gasteiger partial charge in [0.25, 0.3) is 0 Å². The van der Waals surface area contributed by atoms with Gasteiger partial charge in [-0.25, -0.2) is 13.1 Å². The fourth-order valence-electron chi connectivity index (χ4n) is 2.36. The van der Waals surface area contributed by atoms with E-state index >= 15 is 0 Å². The maximum absolute atomic E-state index is 9.73. The van der Waals surface area contributed by atoms with E-state index in [1.54, 1.807) is 0 Å². The molecule has 1 heterocycles. The molecule has 0 aromatic rings. The third-order valence-corrected chi connectivity index (χ3v) is 7.47. The van der Waals surface area contributed by atoms with E-state index in [0.29, 0.717) is 6.42 Å². The molecular weight excluding hydrogens is 323 g/mol. The van der Waals surface area contributed by atoms with Crippen LogP contribution in [0, 0.1) is 0 Å². The van der Waals surface area contributed by atoms with Crippen LogP contribution in [0.5, 0.6) is 0 Å². The molecule has 1 aliphatic rings. The average molecular weight is 356 g/mol. The molecule has 0 aliphatic carbocycles. The summed E-state index contributed by atoms with van der Waals surface area (Å²) in [6.07, 6.45) is 5.51. The predicted molar refractivity (Wildman–Crippen MR) is 91.5 cm³/mol. The zero-order valence-corrected chi connectivity index (χ0v) is 16.5. The topological polar surface area (TPSA) is 69.7 Å². The molecule has 0 amide bonds. The number of hydrogen-bond acceptors (Lipinski definition) is 5. The van der Waals surface area contributed by atoms with Gasteiger partial charge in [-0.15, -0.1) is 0 Å². The van der Waals surface area contributed by atoms with Gasteiger partial charge >= 0.3 is 0 Å². The molecule has 134 valence electrons. The Balaban J connectivity index is 0.000000433. The van der Waals surface area contributed by atoms with Gasteiger partial charge in [0.15, 0.2) is 8.22 Å². The molecule has 2 unspecified atom stereocenters. The van der Waals surface area contributed by atoms with Crippen LogP contribution in [0.3, 0.4) is 0 Å². The lowest BCUT2D eigenvalue weighted by atomic mass is 10.3. The Hall–Kier alpha value is 0.220. The number of rotatable bonds is 7. The van der Waals surface area contributed by atoms with Crippen LogP contribution in [0.25, 0.3) is 0 Å². The fourth-order valence-corrected chi connectivity index (χ4v) is 4.71. The molecule has 0 spiro atoms. The van der Waals surface area contributed by atoms with Gasteiger partial charge in [0.2, 0.25) is 10.4 Å². The molecule has 0 N–H and O–H groups in total. The van der Waals surface area contributed by atoms with Crippen molar-refractivity contribution in [3.8, 4) is 0 Å². The monoisotopic (exact) mass is 356 g/mol. The highest BCUT2D eigenvalue weighted by Gasteiger charge is 2.36. The summed E-state index contributed by atoms with van der Waals surface area (Å²) in [5, 5.41) is 0. The second-order valence-corrected chi connectivity index (χ2v) is 9.63. The molecule has 0 aromatic carbocycles. The number of quaternary nitrogens is 1. The van der Waals surface area contributed by atoms with Gasteiger partial charge in [-0.1, -0.05) is 26.7 Å². The minimum Gasteiger partial charge on any atom is -0.726 e. The molecule has 22 heavy (non-hydrogen) atoms. The Morgan fingerprint density at radius 2 is 1.86 bits per heavy atom. The van der Waals surface area contributed by atoms with Crippen LogP contribution in [0.4, 0.5) is 0 Å². The van der Waals surface area contributed by atoms with Crippen LogP contribution in [0.1, 0.15) is 46.0 Å². The summed E-state index contributed by atoms with van der Waals surface area (Å²) < 4.78 is 37.0. The predicted octanol–water partition coefficient (Wildman–Crippen LogP) is 2.77. The molecule has 0 saturated carbocycles. The smallest absolute Gasteiger partial charge is 0.217 e. The summed E-state index contributed by atoms with van der Waals surface area (Å²) in [5.74, 6) is 0. The zero-order valence-electron chi connectivity index (χ0n) is 14.7. The summed E-state index contributed by atoms with van der Waals surface area (Å²) in [5.41, 5.74) is 0. The molecule has 0 aromatic heterocycles. The molecule has 1 saturated heterocycles. The van der Waals surface area contributed by atoms with Crippen LogP contribution in [0.15, 0.2) is 0 Å². The standard InChI is InChI=1S/C10H24N2P.C4H10O4S/c1-5-6-9-12(3)10-7-8-11(2)13(12)4;1-2-3-4-8-9(5,6)7/h5-10H2,1-4H3;2-4H2,1H3,(H,5,6,7)/q+1;/p-1. The van der Waals surface area contributed by atoms with Gasteiger partial charge in [0.1, 0.15) is 0 Å². The molecule has 0 bridgehead atoms. The third-order valence-electron chi connectivity index (χ3n) is 4.03. The normalized spacial score (nSPS) is 26.4. The van der Waals surface area contributed by atoms with Gasteiger partial charge in [-0.2, -0.15) is 0 Å². The van der Waals surface area contributed by atoms with Crippen LogP contribution in [-0.2, 0) is 14.6 Å². The van der Waals surface area contributed by atoms with Crippen molar-refractivity contribution in [1.29, 1.82) is 0 Å². The van der Waals surface area contributed by atoms with Gasteiger partial charge in [0.05, 0.1) is 26.7 Å². The largest absolute Gasteiger partial charge is 0.726 e.